The fourth-order valence-electron chi connectivity index (χ4n) is 1.68. The second kappa shape index (κ2) is 5.56. The Labute approximate surface area is 100 Å². The van der Waals surface area contributed by atoms with Crippen LogP contribution in [-0.4, -0.2) is 24.7 Å². The molecule has 1 fully saturated rings. The Bertz CT molecular complexity index is 327. The Kier molecular flexibility index (Phi) is 4.67. The van der Waals surface area contributed by atoms with Gasteiger partial charge in [0.05, 0.1) is 0 Å². The van der Waals surface area contributed by atoms with Crippen LogP contribution in [0.15, 0.2) is 18.2 Å². The molecule has 0 aromatic heterocycles. The molecule has 0 radical (unpaired) electrons. The van der Waals surface area contributed by atoms with E-state index in [-0.39, 0.29) is 18.4 Å². The zero-order chi connectivity index (χ0) is 9.97. The molecule has 0 saturated carbocycles. The van der Waals surface area contributed by atoms with Crippen LogP contribution in [0, 0.1) is 0 Å². The summed E-state index contributed by atoms with van der Waals surface area (Å²) >= 11 is 5.88. The third kappa shape index (κ3) is 2.98. The number of nitrogens with one attached hydrogen (secondary N) is 2. The van der Waals surface area contributed by atoms with Crippen molar-refractivity contribution in [1.29, 1.82) is 0 Å². The summed E-state index contributed by atoms with van der Waals surface area (Å²) < 4.78 is 0. The maximum Gasteiger partial charge on any atom is 0.120 e. The molecule has 2 rings (SSSR count). The highest BCUT2D eigenvalue weighted by Gasteiger charge is 2.17. The quantitative estimate of drug-likeness (QED) is 0.709. The molecule has 5 heteroatoms. The lowest BCUT2D eigenvalue weighted by atomic mass is 10.0. The van der Waals surface area contributed by atoms with Crippen LogP contribution in [0.25, 0.3) is 0 Å². The Hall–Kier alpha value is -0.480. The Morgan fingerprint density at radius 1 is 1.33 bits per heavy atom. The molecule has 0 unspecified atom stereocenters. The minimum atomic E-state index is 0. The monoisotopic (exact) mass is 248 g/mol. The molecule has 0 amide bonds. The first-order chi connectivity index (χ1) is 6.77. The second-order valence-corrected chi connectivity index (χ2v) is 3.85. The maximum absolute atomic E-state index is 9.66. The van der Waals surface area contributed by atoms with Crippen molar-refractivity contribution in [3.05, 3.63) is 28.8 Å². The topological polar surface area (TPSA) is 44.3 Å². The Morgan fingerprint density at radius 3 is 2.80 bits per heavy atom. The van der Waals surface area contributed by atoms with Crippen molar-refractivity contribution in [1.82, 2.24) is 10.6 Å². The molecule has 84 valence electrons. The molecule has 3 N–H and O–H groups in total. The minimum Gasteiger partial charge on any atom is -0.508 e. The summed E-state index contributed by atoms with van der Waals surface area (Å²) in [4.78, 5) is 0. The largest absolute Gasteiger partial charge is 0.508 e. The minimum absolute atomic E-state index is 0. The lowest BCUT2D eigenvalue weighted by molar-refractivity contribution is 0.404. The van der Waals surface area contributed by atoms with Crippen LogP contribution in [0.4, 0.5) is 0 Å². The van der Waals surface area contributed by atoms with E-state index in [9.17, 15) is 5.11 Å². The summed E-state index contributed by atoms with van der Waals surface area (Å²) in [5.74, 6) is 0.301. The predicted molar refractivity (Wildman–Crippen MR) is 64.0 cm³/mol. The number of hydrogen-bond acceptors (Lipinski definition) is 3. The molecule has 1 atom stereocenters. The Balaban J connectivity index is 0.00000112. The maximum atomic E-state index is 9.66. The van der Waals surface area contributed by atoms with E-state index in [1.54, 1.807) is 12.1 Å². The highest BCUT2D eigenvalue weighted by Crippen LogP contribution is 2.27. The fourth-order valence-corrected chi connectivity index (χ4v) is 1.86. The number of piperazine rings is 1. The van der Waals surface area contributed by atoms with Gasteiger partial charge in [-0.3, -0.25) is 0 Å². The van der Waals surface area contributed by atoms with Gasteiger partial charge in [-0.1, -0.05) is 11.6 Å². The van der Waals surface area contributed by atoms with Crippen LogP contribution in [0.5, 0.6) is 5.75 Å². The lowest BCUT2D eigenvalue weighted by Gasteiger charge is -2.25. The molecule has 1 aliphatic rings. The van der Waals surface area contributed by atoms with Gasteiger partial charge in [0.1, 0.15) is 5.75 Å². The molecule has 1 saturated heterocycles. The molecule has 0 aliphatic carbocycles. The van der Waals surface area contributed by atoms with Crippen molar-refractivity contribution < 1.29 is 5.11 Å². The number of phenols is 1. The van der Waals surface area contributed by atoms with Gasteiger partial charge in [-0.15, -0.1) is 12.4 Å². The van der Waals surface area contributed by atoms with Crippen molar-refractivity contribution in [2.45, 2.75) is 6.04 Å². The molecular formula is C10H14Cl2N2O. The van der Waals surface area contributed by atoms with E-state index >= 15 is 0 Å². The average molecular weight is 249 g/mol. The van der Waals surface area contributed by atoms with Crippen molar-refractivity contribution in [2.75, 3.05) is 19.6 Å². The number of benzene rings is 1. The summed E-state index contributed by atoms with van der Waals surface area (Å²) in [5.41, 5.74) is 0.865. The van der Waals surface area contributed by atoms with E-state index in [4.69, 9.17) is 11.6 Å². The van der Waals surface area contributed by atoms with E-state index in [0.29, 0.717) is 10.8 Å². The first kappa shape index (κ1) is 12.6. The van der Waals surface area contributed by atoms with Crippen LogP contribution in [0.2, 0.25) is 5.02 Å². The van der Waals surface area contributed by atoms with Crippen molar-refractivity contribution >= 4 is 24.0 Å². The van der Waals surface area contributed by atoms with Gasteiger partial charge in [0.25, 0.3) is 0 Å². The third-order valence-corrected chi connectivity index (χ3v) is 2.64. The smallest absolute Gasteiger partial charge is 0.120 e. The summed E-state index contributed by atoms with van der Waals surface area (Å²) in [7, 11) is 0. The highest BCUT2D eigenvalue weighted by atomic mass is 35.5. The van der Waals surface area contributed by atoms with Crippen molar-refractivity contribution in [3.63, 3.8) is 0 Å². The first-order valence-electron chi connectivity index (χ1n) is 4.70. The van der Waals surface area contributed by atoms with Gasteiger partial charge in [0, 0.05) is 36.3 Å². The van der Waals surface area contributed by atoms with Crippen LogP contribution in [0.3, 0.4) is 0 Å². The molecule has 3 nitrogen and oxygen atoms in total. The fraction of sp³-hybridized carbons (Fsp3) is 0.400. The van der Waals surface area contributed by atoms with E-state index in [1.807, 2.05) is 6.07 Å². The zero-order valence-electron chi connectivity index (χ0n) is 8.16. The molecule has 1 aliphatic heterocycles. The standard InChI is InChI=1S/C10H13ClN2O.ClH/c11-7-1-2-10(14)8(5-7)9-6-12-3-4-13-9;/h1-2,5,9,12-14H,3-4,6H2;1H/t9-;/m0./s1. The van der Waals surface area contributed by atoms with Crippen molar-refractivity contribution in [3.8, 4) is 5.75 Å². The molecule has 1 heterocycles. The summed E-state index contributed by atoms with van der Waals surface area (Å²) in [6.45, 7) is 2.71. The normalized spacial score (nSPS) is 20.7. The van der Waals surface area contributed by atoms with E-state index in [2.05, 4.69) is 10.6 Å². The molecule has 15 heavy (non-hydrogen) atoms. The van der Waals surface area contributed by atoms with Crippen LogP contribution >= 0.6 is 24.0 Å². The average Bonchev–Trinajstić information content (AvgIpc) is 2.23. The zero-order valence-corrected chi connectivity index (χ0v) is 9.74. The molecular weight excluding hydrogens is 235 g/mol. The first-order valence-corrected chi connectivity index (χ1v) is 5.07. The van der Waals surface area contributed by atoms with E-state index in [0.717, 1.165) is 25.2 Å². The van der Waals surface area contributed by atoms with E-state index in [1.165, 1.54) is 0 Å². The summed E-state index contributed by atoms with van der Waals surface area (Å²) in [6, 6.07) is 5.29. The number of phenolic OH excluding ortho intramolecular Hbond substituents is 1. The van der Waals surface area contributed by atoms with Gasteiger partial charge >= 0.3 is 0 Å². The van der Waals surface area contributed by atoms with Gasteiger partial charge < -0.3 is 15.7 Å². The van der Waals surface area contributed by atoms with Crippen LogP contribution in [-0.2, 0) is 0 Å². The molecule has 1 aromatic carbocycles. The summed E-state index contributed by atoms with van der Waals surface area (Å²) in [6.07, 6.45) is 0. The SMILES string of the molecule is Cl.Oc1ccc(Cl)cc1[C@@H]1CNCCN1. The molecule has 1 aromatic rings. The number of rotatable bonds is 1. The third-order valence-electron chi connectivity index (χ3n) is 2.41. The van der Waals surface area contributed by atoms with E-state index < -0.39 is 0 Å². The number of halogens is 2. The van der Waals surface area contributed by atoms with Gasteiger partial charge in [-0.05, 0) is 18.2 Å². The summed E-state index contributed by atoms with van der Waals surface area (Å²) in [5, 5.41) is 16.9. The predicted octanol–water partition coefficient (Wildman–Crippen LogP) is 1.70. The second-order valence-electron chi connectivity index (χ2n) is 3.41. The van der Waals surface area contributed by atoms with Crippen LogP contribution in [0.1, 0.15) is 11.6 Å². The van der Waals surface area contributed by atoms with Gasteiger partial charge in [0.2, 0.25) is 0 Å². The van der Waals surface area contributed by atoms with Gasteiger partial charge in [0.15, 0.2) is 0 Å². The van der Waals surface area contributed by atoms with Crippen molar-refractivity contribution in [2.24, 2.45) is 0 Å². The van der Waals surface area contributed by atoms with Crippen LogP contribution < -0.4 is 10.6 Å². The molecule has 0 spiro atoms. The molecule has 0 bridgehead atoms. The van der Waals surface area contributed by atoms with Gasteiger partial charge in [-0.2, -0.15) is 0 Å². The highest BCUT2D eigenvalue weighted by molar-refractivity contribution is 6.30. The Morgan fingerprint density at radius 2 is 2.13 bits per heavy atom. The number of aromatic hydroxyl groups is 1. The lowest BCUT2D eigenvalue weighted by Crippen LogP contribution is -2.42. The number of hydrogen-bond donors (Lipinski definition) is 3. The van der Waals surface area contributed by atoms with Gasteiger partial charge in [-0.25, -0.2) is 0 Å².